The van der Waals surface area contributed by atoms with Gasteiger partial charge in [0.05, 0.1) is 39.6 Å². The predicted octanol–water partition coefficient (Wildman–Crippen LogP) is 1.66. The van der Waals surface area contributed by atoms with E-state index < -0.39 is 0 Å². The minimum absolute atomic E-state index is 0.592. The molecule has 0 atom stereocenters. The van der Waals surface area contributed by atoms with Crippen molar-refractivity contribution in [1.29, 1.82) is 0 Å². The van der Waals surface area contributed by atoms with E-state index in [2.05, 4.69) is 29.2 Å². The molecular formula is C9H17IO3. The Hall–Kier alpha value is 0.350. The highest BCUT2D eigenvalue weighted by Crippen LogP contribution is 1.84. The number of halogens is 1. The Morgan fingerprint density at radius 3 is 2.00 bits per heavy atom. The Morgan fingerprint density at radius 1 is 0.923 bits per heavy atom. The van der Waals surface area contributed by atoms with Gasteiger partial charge in [-0.3, -0.25) is 0 Å². The van der Waals surface area contributed by atoms with Crippen molar-refractivity contribution in [2.45, 2.75) is 0 Å². The summed E-state index contributed by atoms with van der Waals surface area (Å²) >= 11 is 2.28. The van der Waals surface area contributed by atoms with Gasteiger partial charge in [0.1, 0.15) is 0 Å². The lowest BCUT2D eigenvalue weighted by Crippen LogP contribution is -2.10. The van der Waals surface area contributed by atoms with E-state index in [4.69, 9.17) is 14.2 Å². The Labute approximate surface area is 93.6 Å². The van der Waals surface area contributed by atoms with Gasteiger partial charge in [0.2, 0.25) is 0 Å². The molecule has 0 heterocycles. The molecule has 0 amide bonds. The summed E-state index contributed by atoms with van der Waals surface area (Å²) in [5.41, 5.74) is 0. The van der Waals surface area contributed by atoms with E-state index >= 15 is 0 Å². The minimum atomic E-state index is 0.592. The van der Waals surface area contributed by atoms with Crippen molar-refractivity contribution in [3.8, 4) is 0 Å². The number of hydrogen-bond donors (Lipinski definition) is 0. The molecule has 0 radical (unpaired) electrons. The molecule has 0 aliphatic heterocycles. The summed E-state index contributed by atoms with van der Waals surface area (Å²) in [4.78, 5) is 0. The fourth-order valence-corrected chi connectivity index (χ4v) is 0.972. The predicted molar refractivity (Wildman–Crippen MR) is 61.5 cm³/mol. The normalized spacial score (nSPS) is 10.2. The Balaban J connectivity index is 2.79. The number of ether oxygens (including phenoxy) is 3. The third-order valence-corrected chi connectivity index (χ3v) is 1.64. The second kappa shape index (κ2) is 12.3. The van der Waals surface area contributed by atoms with Gasteiger partial charge in [-0.05, 0) is 0 Å². The van der Waals surface area contributed by atoms with Crippen LogP contribution in [0.25, 0.3) is 0 Å². The lowest BCUT2D eigenvalue weighted by Gasteiger charge is -2.04. The monoisotopic (exact) mass is 300 g/mol. The van der Waals surface area contributed by atoms with E-state index in [1.807, 2.05) is 0 Å². The molecule has 0 N–H and O–H groups in total. The van der Waals surface area contributed by atoms with E-state index in [9.17, 15) is 0 Å². The van der Waals surface area contributed by atoms with E-state index in [0.29, 0.717) is 33.0 Å². The first-order chi connectivity index (χ1) is 6.41. The first kappa shape index (κ1) is 13.4. The second-order valence-corrected chi connectivity index (χ2v) is 3.36. The first-order valence-electron chi connectivity index (χ1n) is 4.32. The lowest BCUT2D eigenvalue weighted by molar-refractivity contribution is 0.0231. The van der Waals surface area contributed by atoms with E-state index in [-0.39, 0.29) is 0 Å². The van der Waals surface area contributed by atoms with Crippen LogP contribution in [0, 0.1) is 0 Å². The lowest BCUT2D eigenvalue weighted by atomic mass is 10.7. The van der Waals surface area contributed by atoms with Crippen molar-refractivity contribution in [3.63, 3.8) is 0 Å². The van der Waals surface area contributed by atoms with Gasteiger partial charge in [-0.15, -0.1) is 6.58 Å². The molecule has 0 aromatic rings. The summed E-state index contributed by atoms with van der Waals surface area (Å²) in [7, 11) is 0. The van der Waals surface area contributed by atoms with Crippen LogP contribution in [-0.2, 0) is 14.2 Å². The van der Waals surface area contributed by atoms with Crippen LogP contribution < -0.4 is 0 Å². The molecule has 0 saturated carbocycles. The highest BCUT2D eigenvalue weighted by Gasteiger charge is 1.89. The maximum Gasteiger partial charge on any atom is 0.0704 e. The fourth-order valence-electron chi connectivity index (χ4n) is 0.661. The fraction of sp³-hybridized carbons (Fsp3) is 0.778. The van der Waals surface area contributed by atoms with Crippen LogP contribution in [0.15, 0.2) is 12.7 Å². The van der Waals surface area contributed by atoms with Crippen molar-refractivity contribution < 1.29 is 14.2 Å². The number of hydrogen-bond acceptors (Lipinski definition) is 3. The third kappa shape index (κ3) is 12.4. The highest BCUT2D eigenvalue weighted by atomic mass is 127. The topological polar surface area (TPSA) is 27.7 Å². The molecule has 0 rings (SSSR count). The first-order valence-corrected chi connectivity index (χ1v) is 5.84. The van der Waals surface area contributed by atoms with Gasteiger partial charge in [-0.2, -0.15) is 0 Å². The number of alkyl halides is 1. The van der Waals surface area contributed by atoms with Crippen molar-refractivity contribution in [1.82, 2.24) is 0 Å². The average Bonchev–Trinajstić information content (AvgIpc) is 2.16. The third-order valence-electron chi connectivity index (χ3n) is 1.20. The molecule has 0 aliphatic rings. The highest BCUT2D eigenvalue weighted by molar-refractivity contribution is 14.1. The molecule has 78 valence electrons. The van der Waals surface area contributed by atoms with Crippen LogP contribution in [0.1, 0.15) is 0 Å². The van der Waals surface area contributed by atoms with Gasteiger partial charge >= 0.3 is 0 Å². The Kier molecular flexibility index (Phi) is 12.7. The summed E-state index contributed by atoms with van der Waals surface area (Å²) in [5, 5.41) is 0. The molecule has 0 spiro atoms. The van der Waals surface area contributed by atoms with Crippen LogP contribution >= 0.6 is 22.6 Å². The quantitative estimate of drug-likeness (QED) is 0.266. The summed E-state index contributed by atoms with van der Waals surface area (Å²) in [5.74, 6) is 0. The molecule has 0 aliphatic carbocycles. The zero-order valence-corrected chi connectivity index (χ0v) is 9.99. The van der Waals surface area contributed by atoms with Gasteiger partial charge in [-0.1, -0.05) is 28.7 Å². The maximum absolute atomic E-state index is 5.24. The zero-order valence-electron chi connectivity index (χ0n) is 7.84. The molecule has 4 heteroatoms. The smallest absolute Gasteiger partial charge is 0.0704 e. The Morgan fingerprint density at radius 2 is 1.46 bits per heavy atom. The van der Waals surface area contributed by atoms with E-state index in [1.54, 1.807) is 6.08 Å². The molecular weight excluding hydrogens is 283 g/mol. The zero-order chi connectivity index (χ0) is 9.78. The van der Waals surface area contributed by atoms with E-state index in [1.165, 1.54) is 0 Å². The van der Waals surface area contributed by atoms with Crippen LogP contribution in [0.4, 0.5) is 0 Å². The molecule has 0 unspecified atom stereocenters. The van der Waals surface area contributed by atoms with Gasteiger partial charge in [0.25, 0.3) is 0 Å². The van der Waals surface area contributed by atoms with E-state index in [0.717, 1.165) is 11.0 Å². The molecule has 0 aromatic heterocycles. The van der Waals surface area contributed by atoms with Crippen LogP contribution in [-0.4, -0.2) is 44.1 Å². The van der Waals surface area contributed by atoms with Gasteiger partial charge in [0.15, 0.2) is 0 Å². The van der Waals surface area contributed by atoms with Crippen molar-refractivity contribution in [2.24, 2.45) is 0 Å². The Bertz CT molecular complexity index is 109. The van der Waals surface area contributed by atoms with Gasteiger partial charge in [0, 0.05) is 4.43 Å². The van der Waals surface area contributed by atoms with Crippen LogP contribution in [0.3, 0.4) is 0 Å². The second-order valence-electron chi connectivity index (χ2n) is 2.28. The van der Waals surface area contributed by atoms with Crippen molar-refractivity contribution in [2.75, 3.05) is 44.1 Å². The van der Waals surface area contributed by atoms with Gasteiger partial charge in [-0.25, -0.2) is 0 Å². The van der Waals surface area contributed by atoms with Crippen molar-refractivity contribution in [3.05, 3.63) is 12.7 Å². The molecule has 13 heavy (non-hydrogen) atoms. The molecule has 0 saturated heterocycles. The number of rotatable bonds is 10. The maximum atomic E-state index is 5.24. The standard InChI is InChI=1S/C9H17IO3/c1-2-4-11-6-8-13-9-7-12-5-3-10/h2H,1,3-9H2. The molecule has 0 aromatic carbocycles. The van der Waals surface area contributed by atoms with Crippen molar-refractivity contribution >= 4 is 22.6 Å². The summed E-state index contributed by atoms with van der Waals surface area (Å²) in [6.45, 7) is 7.50. The average molecular weight is 300 g/mol. The summed E-state index contributed by atoms with van der Waals surface area (Å²) < 4.78 is 16.6. The minimum Gasteiger partial charge on any atom is -0.378 e. The van der Waals surface area contributed by atoms with Gasteiger partial charge < -0.3 is 14.2 Å². The summed E-state index contributed by atoms with van der Waals surface area (Å²) in [6, 6.07) is 0. The van der Waals surface area contributed by atoms with Crippen LogP contribution in [0.2, 0.25) is 0 Å². The summed E-state index contributed by atoms with van der Waals surface area (Å²) in [6.07, 6.45) is 1.73. The molecule has 0 fully saturated rings. The molecule has 3 nitrogen and oxygen atoms in total. The largest absolute Gasteiger partial charge is 0.378 e. The van der Waals surface area contributed by atoms with Crippen LogP contribution in [0.5, 0.6) is 0 Å². The molecule has 0 bridgehead atoms. The SMILES string of the molecule is C=CCOCCOCCOCCI.